The third-order valence-electron chi connectivity index (χ3n) is 4.08. The Balaban J connectivity index is 1.77. The summed E-state index contributed by atoms with van der Waals surface area (Å²) in [5.74, 6) is 2.40. The van der Waals surface area contributed by atoms with Crippen molar-refractivity contribution >= 4 is 28.7 Å². The second-order valence-corrected chi connectivity index (χ2v) is 6.24. The number of aromatic nitrogens is 2. The molecule has 0 aliphatic carbocycles. The van der Waals surface area contributed by atoms with Crippen molar-refractivity contribution in [3.8, 4) is 5.75 Å². The third-order valence-corrected chi connectivity index (χ3v) is 4.08. The highest BCUT2D eigenvalue weighted by Gasteiger charge is 2.09. The molecule has 4 N–H and O–H groups in total. The van der Waals surface area contributed by atoms with E-state index in [4.69, 9.17) is 10.5 Å². The number of benzene rings is 2. The molecule has 0 saturated carbocycles. The average molecular weight is 349 g/mol. The van der Waals surface area contributed by atoms with Crippen LogP contribution in [0.1, 0.15) is 25.3 Å². The van der Waals surface area contributed by atoms with Gasteiger partial charge in [-0.1, -0.05) is 26.0 Å². The summed E-state index contributed by atoms with van der Waals surface area (Å²) in [7, 11) is 1.64. The highest BCUT2D eigenvalue weighted by Crippen LogP contribution is 2.29. The average Bonchev–Trinajstić information content (AvgIpc) is 2.66. The highest BCUT2D eigenvalue weighted by atomic mass is 16.5. The van der Waals surface area contributed by atoms with Crippen molar-refractivity contribution in [1.29, 1.82) is 0 Å². The zero-order valence-corrected chi connectivity index (χ0v) is 15.2. The summed E-state index contributed by atoms with van der Waals surface area (Å²) in [6, 6.07) is 15.8. The minimum Gasteiger partial charge on any atom is -0.497 e. The van der Waals surface area contributed by atoms with Crippen LogP contribution in [0.15, 0.2) is 54.9 Å². The van der Waals surface area contributed by atoms with Gasteiger partial charge in [0.15, 0.2) is 11.6 Å². The first-order valence-electron chi connectivity index (χ1n) is 8.45. The molecular formula is C20H23N5O. The van der Waals surface area contributed by atoms with E-state index in [1.807, 2.05) is 36.4 Å². The van der Waals surface area contributed by atoms with E-state index in [0.29, 0.717) is 23.2 Å². The molecule has 26 heavy (non-hydrogen) atoms. The molecule has 0 atom stereocenters. The largest absolute Gasteiger partial charge is 0.497 e. The number of hydrogen-bond acceptors (Lipinski definition) is 6. The summed E-state index contributed by atoms with van der Waals surface area (Å²) in [6.07, 6.45) is 1.48. The van der Waals surface area contributed by atoms with Gasteiger partial charge in [-0.25, -0.2) is 9.97 Å². The van der Waals surface area contributed by atoms with Crippen molar-refractivity contribution in [2.24, 2.45) is 0 Å². The molecule has 3 rings (SSSR count). The highest BCUT2D eigenvalue weighted by molar-refractivity contribution is 5.80. The molecule has 3 aromatic rings. The van der Waals surface area contributed by atoms with Gasteiger partial charge in [-0.3, -0.25) is 0 Å². The Bertz CT molecular complexity index is 860. The van der Waals surface area contributed by atoms with Crippen molar-refractivity contribution in [1.82, 2.24) is 9.97 Å². The lowest BCUT2D eigenvalue weighted by Gasteiger charge is -2.13. The summed E-state index contributed by atoms with van der Waals surface area (Å²) >= 11 is 0. The quantitative estimate of drug-likeness (QED) is 0.599. The summed E-state index contributed by atoms with van der Waals surface area (Å²) in [6.45, 7) is 4.34. The number of methoxy groups -OCH3 is 1. The van der Waals surface area contributed by atoms with Gasteiger partial charge < -0.3 is 21.1 Å². The van der Waals surface area contributed by atoms with Crippen molar-refractivity contribution in [3.05, 3.63) is 60.4 Å². The van der Waals surface area contributed by atoms with Gasteiger partial charge in [0.2, 0.25) is 0 Å². The maximum Gasteiger partial charge on any atom is 0.159 e. The van der Waals surface area contributed by atoms with Gasteiger partial charge in [0.1, 0.15) is 17.8 Å². The molecule has 0 spiro atoms. The number of hydrogen-bond donors (Lipinski definition) is 3. The van der Waals surface area contributed by atoms with Crippen molar-refractivity contribution in [2.45, 2.75) is 19.8 Å². The standard InChI is InChI=1S/C20H23N5O/c1-13(2)14-4-6-15(7-5-14)24-19-18(21)20(23-12-22-19)25-16-8-10-17(26-3)11-9-16/h4-13H,21H2,1-3H3,(H2,22,23,24,25). The van der Waals surface area contributed by atoms with E-state index in [1.165, 1.54) is 11.9 Å². The van der Waals surface area contributed by atoms with Crippen molar-refractivity contribution in [3.63, 3.8) is 0 Å². The normalized spacial score (nSPS) is 10.6. The number of nitrogens with one attached hydrogen (secondary N) is 2. The molecule has 0 saturated heterocycles. The van der Waals surface area contributed by atoms with Crippen LogP contribution < -0.4 is 21.1 Å². The predicted molar refractivity (Wildman–Crippen MR) is 107 cm³/mol. The molecule has 0 aliphatic heterocycles. The Morgan fingerprint density at radius 2 is 1.35 bits per heavy atom. The molecular weight excluding hydrogens is 326 g/mol. The maximum atomic E-state index is 6.24. The van der Waals surface area contributed by atoms with E-state index in [0.717, 1.165) is 17.1 Å². The zero-order valence-electron chi connectivity index (χ0n) is 15.2. The van der Waals surface area contributed by atoms with Gasteiger partial charge >= 0.3 is 0 Å². The summed E-state index contributed by atoms with van der Waals surface area (Å²) in [4.78, 5) is 8.49. The fourth-order valence-corrected chi connectivity index (χ4v) is 2.49. The van der Waals surface area contributed by atoms with E-state index in [9.17, 15) is 0 Å². The minimum atomic E-state index is 0.455. The van der Waals surface area contributed by atoms with E-state index in [2.05, 4.69) is 46.6 Å². The SMILES string of the molecule is COc1ccc(Nc2ncnc(Nc3ccc(C(C)C)cc3)c2N)cc1. The fourth-order valence-electron chi connectivity index (χ4n) is 2.49. The van der Waals surface area contributed by atoms with E-state index < -0.39 is 0 Å². The lowest BCUT2D eigenvalue weighted by Crippen LogP contribution is -2.05. The van der Waals surface area contributed by atoms with Crippen LogP contribution in [-0.2, 0) is 0 Å². The van der Waals surface area contributed by atoms with Crippen molar-refractivity contribution in [2.75, 3.05) is 23.5 Å². The van der Waals surface area contributed by atoms with Crippen LogP contribution in [0.5, 0.6) is 5.75 Å². The maximum absolute atomic E-state index is 6.24. The van der Waals surface area contributed by atoms with Crippen molar-refractivity contribution < 1.29 is 4.74 Å². The van der Waals surface area contributed by atoms with Crippen LogP contribution >= 0.6 is 0 Å². The number of nitrogens with zero attached hydrogens (tertiary/aromatic N) is 2. The van der Waals surface area contributed by atoms with Gasteiger partial charge in [0, 0.05) is 11.4 Å². The van der Waals surface area contributed by atoms with Gasteiger partial charge in [-0.15, -0.1) is 0 Å². The number of nitrogens with two attached hydrogens (primary N) is 1. The van der Waals surface area contributed by atoms with Crippen LogP contribution in [-0.4, -0.2) is 17.1 Å². The molecule has 1 heterocycles. The summed E-state index contributed by atoms with van der Waals surface area (Å²) in [5, 5.41) is 6.45. The molecule has 0 fully saturated rings. The van der Waals surface area contributed by atoms with Gasteiger partial charge in [0.25, 0.3) is 0 Å². The molecule has 6 heteroatoms. The molecule has 0 unspecified atom stereocenters. The molecule has 0 bridgehead atoms. The van der Waals surface area contributed by atoms with Crippen LogP contribution in [0.25, 0.3) is 0 Å². The lowest BCUT2D eigenvalue weighted by molar-refractivity contribution is 0.415. The number of nitrogen functional groups attached to an aromatic ring is 1. The summed E-state index contributed by atoms with van der Waals surface area (Å²) in [5.41, 5.74) is 9.77. The topological polar surface area (TPSA) is 85.1 Å². The number of ether oxygens (including phenoxy) is 1. The summed E-state index contributed by atoms with van der Waals surface area (Å²) < 4.78 is 5.16. The number of rotatable bonds is 6. The smallest absolute Gasteiger partial charge is 0.159 e. The van der Waals surface area contributed by atoms with Gasteiger partial charge in [0.05, 0.1) is 7.11 Å². The van der Waals surface area contributed by atoms with E-state index in [1.54, 1.807) is 7.11 Å². The van der Waals surface area contributed by atoms with Crippen LogP contribution in [0.4, 0.5) is 28.7 Å². The Morgan fingerprint density at radius 3 is 1.81 bits per heavy atom. The molecule has 6 nitrogen and oxygen atoms in total. The first-order chi connectivity index (χ1) is 12.6. The molecule has 0 aliphatic rings. The predicted octanol–water partition coefficient (Wildman–Crippen LogP) is 4.68. The number of anilines is 5. The Labute approximate surface area is 153 Å². The fraction of sp³-hybridized carbons (Fsp3) is 0.200. The Kier molecular flexibility index (Phi) is 5.22. The molecule has 1 aromatic heterocycles. The Morgan fingerprint density at radius 1 is 0.846 bits per heavy atom. The van der Waals surface area contributed by atoms with E-state index >= 15 is 0 Å². The second kappa shape index (κ2) is 7.74. The van der Waals surface area contributed by atoms with E-state index in [-0.39, 0.29) is 0 Å². The first-order valence-corrected chi connectivity index (χ1v) is 8.45. The van der Waals surface area contributed by atoms with Crippen LogP contribution in [0.2, 0.25) is 0 Å². The molecule has 2 aromatic carbocycles. The zero-order chi connectivity index (χ0) is 18.5. The van der Waals surface area contributed by atoms with Gasteiger partial charge in [-0.05, 0) is 47.9 Å². The first kappa shape index (κ1) is 17.5. The van der Waals surface area contributed by atoms with Crippen LogP contribution in [0.3, 0.4) is 0 Å². The van der Waals surface area contributed by atoms with Gasteiger partial charge in [-0.2, -0.15) is 0 Å². The monoisotopic (exact) mass is 349 g/mol. The molecule has 134 valence electrons. The third kappa shape index (κ3) is 4.03. The molecule has 0 amide bonds. The Hall–Kier alpha value is -3.28. The lowest BCUT2D eigenvalue weighted by atomic mass is 10.0. The molecule has 0 radical (unpaired) electrons. The minimum absolute atomic E-state index is 0.455. The second-order valence-electron chi connectivity index (χ2n) is 6.24. The van der Waals surface area contributed by atoms with Crippen LogP contribution in [0, 0.1) is 0 Å².